The molecule has 0 saturated carbocycles. The summed E-state index contributed by atoms with van der Waals surface area (Å²) in [6.07, 6.45) is 2.71. The minimum absolute atomic E-state index is 0.541. The van der Waals surface area contributed by atoms with Gasteiger partial charge in [0.25, 0.3) is 0 Å². The van der Waals surface area contributed by atoms with Gasteiger partial charge in [-0.2, -0.15) is 5.10 Å². The SMILES string of the molecule is Cc1nn(CCCNC(=S)Nc2ccc(Br)cc2Cl)cc1Cl. The molecular weight excluding hydrogens is 407 g/mol. The molecule has 2 N–H and O–H groups in total. The molecule has 0 amide bonds. The molecule has 0 aliphatic heterocycles. The summed E-state index contributed by atoms with van der Waals surface area (Å²) >= 11 is 20.7. The van der Waals surface area contributed by atoms with Crippen LogP contribution in [0.2, 0.25) is 10.0 Å². The molecule has 0 radical (unpaired) electrons. The average molecular weight is 422 g/mol. The maximum Gasteiger partial charge on any atom is 0.170 e. The lowest BCUT2D eigenvalue weighted by Crippen LogP contribution is -2.29. The van der Waals surface area contributed by atoms with Crippen LogP contribution >= 0.6 is 51.3 Å². The monoisotopic (exact) mass is 420 g/mol. The summed E-state index contributed by atoms with van der Waals surface area (Å²) in [5.74, 6) is 0. The zero-order valence-electron chi connectivity index (χ0n) is 11.9. The van der Waals surface area contributed by atoms with E-state index in [9.17, 15) is 0 Å². The van der Waals surface area contributed by atoms with E-state index in [1.165, 1.54) is 0 Å². The third-order valence-electron chi connectivity index (χ3n) is 2.92. The van der Waals surface area contributed by atoms with E-state index in [1.54, 1.807) is 0 Å². The zero-order chi connectivity index (χ0) is 16.1. The van der Waals surface area contributed by atoms with E-state index in [-0.39, 0.29) is 0 Å². The van der Waals surface area contributed by atoms with Crippen molar-refractivity contribution >= 4 is 62.1 Å². The highest BCUT2D eigenvalue weighted by atomic mass is 79.9. The molecule has 8 heteroatoms. The van der Waals surface area contributed by atoms with Crippen LogP contribution in [0.25, 0.3) is 0 Å². The fourth-order valence-corrected chi connectivity index (χ4v) is 2.89. The van der Waals surface area contributed by atoms with Crippen LogP contribution in [-0.2, 0) is 6.54 Å². The molecule has 1 aromatic carbocycles. The van der Waals surface area contributed by atoms with E-state index in [0.29, 0.717) is 15.2 Å². The Labute approximate surface area is 153 Å². The van der Waals surface area contributed by atoms with E-state index in [1.807, 2.05) is 36.0 Å². The van der Waals surface area contributed by atoms with Crippen molar-refractivity contribution in [2.45, 2.75) is 19.9 Å². The number of aryl methyl sites for hydroxylation is 2. The van der Waals surface area contributed by atoms with Crippen LogP contribution in [0.1, 0.15) is 12.1 Å². The van der Waals surface area contributed by atoms with Crippen LogP contribution in [0.5, 0.6) is 0 Å². The van der Waals surface area contributed by atoms with Crippen LogP contribution in [0, 0.1) is 6.92 Å². The number of hydrogen-bond donors (Lipinski definition) is 2. The van der Waals surface area contributed by atoms with Gasteiger partial charge in [-0.3, -0.25) is 4.68 Å². The molecule has 0 aliphatic rings. The highest BCUT2D eigenvalue weighted by Crippen LogP contribution is 2.25. The Morgan fingerprint density at radius 1 is 1.36 bits per heavy atom. The van der Waals surface area contributed by atoms with Gasteiger partial charge in [0, 0.05) is 23.8 Å². The lowest BCUT2D eigenvalue weighted by atomic mass is 10.3. The smallest absolute Gasteiger partial charge is 0.170 e. The lowest BCUT2D eigenvalue weighted by Gasteiger charge is -2.12. The van der Waals surface area contributed by atoms with Gasteiger partial charge in [-0.15, -0.1) is 0 Å². The van der Waals surface area contributed by atoms with Gasteiger partial charge in [0.05, 0.1) is 21.4 Å². The Kier molecular flexibility index (Phi) is 6.50. The van der Waals surface area contributed by atoms with E-state index in [0.717, 1.165) is 35.4 Å². The molecule has 2 rings (SSSR count). The first-order valence-electron chi connectivity index (χ1n) is 6.65. The number of aromatic nitrogens is 2. The van der Waals surface area contributed by atoms with E-state index >= 15 is 0 Å². The Morgan fingerprint density at radius 2 is 2.14 bits per heavy atom. The maximum atomic E-state index is 6.13. The third-order valence-corrected chi connectivity index (χ3v) is 4.34. The summed E-state index contributed by atoms with van der Waals surface area (Å²) in [6.45, 7) is 3.40. The summed E-state index contributed by atoms with van der Waals surface area (Å²) in [5, 5.41) is 12.4. The Morgan fingerprint density at radius 3 is 2.77 bits per heavy atom. The van der Waals surface area contributed by atoms with Crippen molar-refractivity contribution in [2.24, 2.45) is 0 Å². The third kappa shape index (κ3) is 5.12. The van der Waals surface area contributed by atoms with Gasteiger partial charge in [0.15, 0.2) is 5.11 Å². The van der Waals surface area contributed by atoms with E-state index < -0.39 is 0 Å². The Balaban J connectivity index is 1.73. The van der Waals surface area contributed by atoms with Crippen molar-refractivity contribution in [3.63, 3.8) is 0 Å². The average Bonchev–Trinajstić information content (AvgIpc) is 2.77. The van der Waals surface area contributed by atoms with Crippen LogP contribution in [0.4, 0.5) is 5.69 Å². The first kappa shape index (κ1) is 17.5. The number of rotatable bonds is 5. The Hall–Kier alpha value is -0.820. The molecule has 0 aliphatic carbocycles. The molecular formula is C14H15BrCl2N4S. The summed E-state index contributed by atoms with van der Waals surface area (Å²) < 4.78 is 2.76. The predicted octanol–water partition coefficient (Wildman–Crippen LogP) is 4.64. The van der Waals surface area contributed by atoms with Gasteiger partial charge in [-0.25, -0.2) is 0 Å². The maximum absolute atomic E-state index is 6.13. The summed E-state index contributed by atoms with van der Waals surface area (Å²) in [5.41, 5.74) is 1.62. The highest BCUT2D eigenvalue weighted by Gasteiger charge is 2.04. The molecule has 0 spiro atoms. The van der Waals surface area contributed by atoms with Crippen molar-refractivity contribution < 1.29 is 0 Å². The molecule has 0 bridgehead atoms. The van der Waals surface area contributed by atoms with E-state index in [4.69, 9.17) is 35.4 Å². The molecule has 22 heavy (non-hydrogen) atoms. The molecule has 0 atom stereocenters. The molecule has 0 saturated heterocycles. The minimum Gasteiger partial charge on any atom is -0.362 e. The van der Waals surface area contributed by atoms with Gasteiger partial charge < -0.3 is 10.6 Å². The summed E-state index contributed by atoms with van der Waals surface area (Å²) in [4.78, 5) is 0. The fraction of sp³-hybridized carbons (Fsp3) is 0.286. The second-order valence-corrected chi connectivity index (χ2v) is 6.82. The van der Waals surface area contributed by atoms with Crippen molar-refractivity contribution in [3.05, 3.63) is 44.6 Å². The van der Waals surface area contributed by atoms with Crippen molar-refractivity contribution in [1.29, 1.82) is 0 Å². The number of benzene rings is 1. The largest absolute Gasteiger partial charge is 0.362 e. The summed E-state index contributed by atoms with van der Waals surface area (Å²) in [7, 11) is 0. The molecule has 118 valence electrons. The topological polar surface area (TPSA) is 41.9 Å². The quantitative estimate of drug-likeness (QED) is 0.545. The first-order valence-corrected chi connectivity index (χ1v) is 8.61. The van der Waals surface area contributed by atoms with Crippen LogP contribution in [0.15, 0.2) is 28.9 Å². The van der Waals surface area contributed by atoms with Gasteiger partial charge in [-0.1, -0.05) is 39.1 Å². The lowest BCUT2D eigenvalue weighted by molar-refractivity contribution is 0.570. The molecule has 1 aromatic heterocycles. The number of hydrogen-bond acceptors (Lipinski definition) is 2. The number of halogens is 3. The highest BCUT2D eigenvalue weighted by molar-refractivity contribution is 9.10. The van der Waals surface area contributed by atoms with Crippen molar-refractivity contribution in [2.75, 3.05) is 11.9 Å². The normalized spacial score (nSPS) is 10.5. The van der Waals surface area contributed by atoms with Crippen molar-refractivity contribution in [1.82, 2.24) is 15.1 Å². The predicted molar refractivity (Wildman–Crippen MR) is 100.0 cm³/mol. The molecule has 4 nitrogen and oxygen atoms in total. The number of thiocarbonyl (C=S) groups is 1. The second-order valence-electron chi connectivity index (χ2n) is 4.68. The van der Waals surface area contributed by atoms with Gasteiger partial charge in [-0.05, 0) is 43.8 Å². The van der Waals surface area contributed by atoms with Gasteiger partial charge in [0.2, 0.25) is 0 Å². The second kappa shape index (κ2) is 8.15. The minimum atomic E-state index is 0.541. The Bertz CT molecular complexity index is 655. The van der Waals surface area contributed by atoms with Crippen LogP contribution in [0.3, 0.4) is 0 Å². The molecule has 0 fully saturated rings. The van der Waals surface area contributed by atoms with Crippen molar-refractivity contribution in [3.8, 4) is 0 Å². The zero-order valence-corrected chi connectivity index (χ0v) is 15.8. The number of anilines is 1. The standard InChI is InChI=1S/C14H15BrCl2N4S/c1-9-12(17)8-21(20-9)6-2-5-18-14(22)19-13-4-3-10(15)7-11(13)16/h3-4,7-8H,2,5-6H2,1H3,(H2,18,19,22). The fourth-order valence-electron chi connectivity index (χ4n) is 1.81. The van der Waals surface area contributed by atoms with Gasteiger partial charge >= 0.3 is 0 Å². The molecule has 2 aromatic rings. The van der Waals surface area contributed by atoms with Gasteiger partial charge in [0.1, 0.15) is 0 Å². The summed E-state index contributed by atoms with van der Waals surface area (Å²) in [6, 6.07) is 5.59. The van der Waals surface area contributed by atoms with E-state index in [2.05, 4.69) is 31.7 Å². The first-order chi connectivity index (χ1) is 10.5. The van der Waals surface area contributed by atoms with Crippen LogP contribution < -0.4 is 10.6 Å². The van der Waals surface area contributed by atoms with Crippen LogP contribution in [-0.4, -0.2) is 21.4 Å². The number of nitrogens with zero attached hydrogens (tertiary/aromatic N) is 2. The molecule has 0 unspecified atom stereocenters. The number of nitrogens with one attached hydrogen (secondary N) is 2. The molecule has 1 heterocycles.